The van der Waals surface area contributed by atoms with E-state index in [1.54, 1.807) is 25.1 Å². The van der Waals surface area contributed by atoms with Crippen LogP contribution in [0.3, 0.4) is 0 Å². The first-order valence-electron chi connectivity index (χ1n) is 7.46. The van der Waals surface area contributed by atoms with E-state index in [1.807, 2.05) is 0 Å². The molecule has 4 nitrogen and oxygen atoms in total. The molecule has 1 saturated carbocycles. The number of hydrogen-bond acceptors (Lipinski definition) is 3. The lowest BCUT2D eigenvalue weighted by Crippen LogP contribution is -2.39. The van der Waals surface area contributed by atoms with Crippen LogP contribution in [0.15, 0.2) is 23.1 Å². The van der Waals surface area contributed by atoms with E-state index in [0.717, 1.165) is 25.7 Å². The molecular formula is C16H25NO3S. The summed E-state index contributed by atoms with van der Waals surface area (Å²) >= 11 is 0. The quantitative estimate of drug-likeness (QED) is 0.898. The molecule has 1 fully saturated rings. The average molecular weight is 311 g/mol. The van der Waals surface area contributed by atoms with Crippen molar-refractivity contribution in [1.29, 1.82) is 0 Å². The van der Waals surface area contributed by atoms with Gasteiger partial charge in [0.2, 0.25) is 10.0 Å². The van der Waals surface area contributed by atoms with E-state index in [-0.39, 0.29) is 17.5 Å². The summed E-state index contributed by atoms with van der Waals surface area (Å²) in [5, 5.41) is 9.18. The first-order chi connectivity index (χ1) is 9.73. The summed E-state index contributed by atoms with van der Waals surface area (Å²) < 4.78 is 27.9. The standard InChI is InChI=1S/C16H25NO3S/c1-12-4-5-13(11-18)10-15(12)21(19,20)17-14-6-8-16(2,3)9-7-14/h4-5,10,14,17-18H,6-9,11H2,1-3H3. The molecule has 0 atom stereocenters. The van der Waals surface area contributed by atoms with Gasteiger partial charge in [-0.25, -0.2) is 13.1 Å². The number of sulfonamides is 1. The Morgan fingerprint density at radius 3 is 2.48 bits per heavy atom. The van der Waals surface area contributed by atoms with Crippen LogP contribution in [0.5, 0.6) is 0 Å². The van der Waals surface area contributed by atoms with Gasteiger partial charge in [-0.05, 0) is 55.2 Å². The molecular weight excluding hydrogens is 286 g/mol. The monoisotopic (exact) mass is 311 g/mol. The summed E-state index contributed by atoms with van der Waals surface area (Å²) in [7, 11) is -3.52. The van der Waals surface area contributed by atoms with Crippen LogP contribution in [-0.2, 0) is 16.6 Å². The van der Waals surface area contributed by atoms with Gasteiger partial charge in [-0.3, -0.25) is 0 Å². The topological polar surface area (TPSA) is 66.4 Å². The summed E-state index contributed by atoms with van der Waals surface area (Å²) in [6.45, 7) is 6.08. The Labute approximate surface area is 127 Å². The maximum Gasteiger partial charge on any atom is 0.241 e. The zero-order chi connectivity index (χ0) is 15.7. The maximum absolute atomic E-state index is 12.6. The first-order valence-corrected chi connectivity index (χ1v) is 8.94. The molecule has 0 saturated heterocycles. The second kappa shape index (κ2) is 6.07. The first kappa shape index (κ1) is 16.5. The van der Waals surface area contributed by atoms with Gasteiger partial charge in [-0.1, -0.05) is 26.0 Å². The molecule has 0 heterocycles. The molecule has 0 radical (unpaired) electrons. The molecule has 21 heavy (non-hydrogen) atoms. The van der Waals surface area contributed by atoms with Crippen molar-refractivity contribution in [3.05, 3.63) is 29.3 Å². The Balaban J connectivity index is 2.16. The van der Waals surface area contributed by atoms with Gasteiger partial charge in [-0.2, -0.15) is 0 Å². The SMILES string of the molecule is Cc1ccc(CO)cc1S(=O)(=O)NC1CCC(C)(C)CC1. The van der Waals surface area contributed by atoms with E-state index in [1.165, 1.54) is 0 Å². The third-order valence-electron chi connectivity index (χ3n) is 4.39. The second-order valence-corrected chi connectivity index (χ2v) is 8.50. The lowest BCUT2D eigenvalue weighted by Gasteiger charge is -2.34. The fraction of sp³-hybridized carbons (Fsp3) is 0.625. The number of aliphatic hydroxyl groups excluding tert-OH is 1. The lowest BCUT2D eigenvalue weighted by atomic mass is 9.76. The molecule has 118 valence electrons. The fourth-order valence-corrected chi connectivity index (χ4v) is 4.43. The minimum atomic E-state index is -3.52. The molecule has 0 spiro atoms. The highest BCUT2D eigenvalue weighted by molar-refractivity contribution is 7.89. The molecule has 0 bridgehead atoms. The summed E-state index contributed by atoms with van der Waals surface area (Å²) in [4.78, 5) is 0.277. The predicted molar refractivity (Wildman–Crippen MR) is 83.5 cm³/mol. The fourth-order valence-electron chi connectivity index (χ4n) is 2.83. The molecule has 1 aliphatic rings. The highest BCUT2D eigenvalue weighted by atomic mass is 32.2. The summed E-state index contributed by atoms with van der Waals surface area (Å²) in [5.74, 6) is 0. The highest BCUT2D eigenvalue weighted by Crippen LogP contribution is 2.35. The third-order valence-corrected chi connectivity index (χ3v) is 6.05. The molecule has 5 heteroatoms. The number of hydrogen-bond donors (Lipinski definition) is 2. The largest absolute Gasteiger partial charge is 0.392 e. The van der Waals surface area contributed by atoms with E-state index in [4.69, 9.17) is 0 Å². The summed E-state index contributed by atoms with van der Waals surface area (Å²) in [6.07, 6.45) is 3.83. The molecule has 2 rings (SSSR count). The van der Waals surface area contributed by atoms with Crippen LogP contribution in [0.25, 0.3) is 0 Å². The Morgan fingerprint density at radius 2 is 1.90 bits per heavy atom. The van der Waals surface area contributed by atoms with Crippen molar-refractivity contribution < 1.29 is 13.5 Å². The average Bonchev–Trinajstić information content (AvgIpc) is 2.41. The van der Waals surface area contributed by atoms with Gasteiger partial charge >= 0.3 is 0 Å². The third kappa shape index (κ3) is 4.05. The van der Waals surface area contributed by atoms with Crippen LogP contribution in [0, 0.1) is 12.3 Å². The minimum Gasteiger partial charge on any atom is -0.392 e. The molecule has 0 unspecified atom stereocenters. The molecule has 0 aliphatic heterocycles. The maximum atomic E-state index is 12.6. The van der Waals surface area contributed by atoms with Crippen molar-refractivity contribution in [1.82, 2.24) is 4.72 Å². The number of aliphatic hydroxyl groups is 1. The summed E-state index contributed by atoms with van der Waals surface area (Å²) in [5.41, 5.74) is 1.64. The molecule has 1 aliphatic carbocycles. The Morgan fingerprint density at radius 1 is 1.29 bits per heavy atom. The van der Waals surface area contributed by atoms with Crippen molar-refractivity contribution in [2.75, 3.05) is 0 Å². The van der Waals surface area contributed by atoms with Crippen LogP contribution in [0.4, 0.5) is 0 Å². The highest BCUT2D eigenvalue weighted by Gasteiger charge is 2.30. The van der Waals surface area contributed by atoms with E-state index >= 15 is 0 Å². The molecule has 1 aromatic carbocycles. The molecule has 0 amide bonds. The second-order valence-electron chi connectivity index (χ2n) is 6.82. The molecule has 2 N–H and O–H groups in total. The Bertz CT molecular complexity index is 598. The van der Waals surface area contributed by atoms with Gasteiger partial charge in [0.05, 0.1) is 11.5 Å². The van der Waals surface area contributed by atoms with Crippen molar-refractivity contribution in [3.63, 3.8) is 0 Å². The van der Waals surface area contributed by atoms with Crippen molar-refractivity contribution in [3.8, 4) is 0 Å². The number of rotatable bonds is 4. The van der Waals surface area contributed by atoms with E-state index < -0.39 is 10.0 Å². The zero-order valence-electron chi connectivity index (χ0n) is 13.0. The van der Waals surface area contributed by atoms with Gasteiger partial charge in [0, 0.05) is 6.04 Å². The van der Waals surface area contributed by atoms with Gasteiger partial charge in [0.15, 0.2) is 0 Å². The van der Waals surface area contributed by atoms with E-state index in [0.29, 0.717) is 16.5 Å². The van der Waals surface area contributed by atoms with Gasteiger partial charge in [0.25, 0.3) is 0 Å². The molecule has 0 aromatic heterocycles. The number of aryl methyl sites for hydroxylation is 1. The predicted octanol–water partition coefficient (Wildman–Crippen LogP) is 2.73. The van der Waals surface area contributed by atoms with Crippen LogP contribution in [0.1, 0.15) is 50.7 Å². The van der Waals surface area contributed by atoms with E-state index in [2.05, 4.69) is 18.6 Å². The van der Waals surface area contributed by atoms with Crippen molar-refractivity contribution >= 4 is 10.0 Å². The van der Waals surface area contributed by atoms with Gasteiger partial charge in [0.1, 0.15) is 0 Å². The van der Waals surface area contributed by atoms with Crippen molar-refractivity contribution in [2.45, 2.75) is 64.0 Å². The zero-order valence-corrected chi connectivity index (χ0v) is 13.8. The van der Waals surface area contributed by atoms with Crippen LogP contribution in [0.2, 0.25) is 0 Å². The van der Waals surface area contributed by atoms with Gasteiger partial charge < -0.3 is 5.11 Å². The Hall–Kier alpha value is -0.910. The van der Waals surface area contributed by atoms with Crippen LogP contribution >= 0.6 is 0 Å². The smallest absolute Gasteiger partial charge is 0.241 e. The normalized spacial score (nSPS) is 19.6. The lowest BCUT2D eigenvalue weighted by molar-refractivity contribution is 0.218. The van der Waals surface area contributed by atoms with Gasteiger partial charge in [-0.15, -0.1) is 0 Å². The van der Waals surface area contributed by atoms with Crippen molar-refractivity contribution in [2.24, 2.45) is 5.41 Å². The van der Waals surface area contributed by atoms with Crippen LogP contribution in [-0.4, -0.2) is 19.6 Å². The minimum absolute atomic E-state index is 0.0141. The molecule has 1 aromatic rings. The number of benzene rings is 1. The Kier molecular flexibility index (Phi) is 4.76. The van der Waals surface area contributed by atoms with Crippen LogP contribution < -0.4 is 4.72 Å². The van der Waals surface area contributed by atoms with E-state index in [9.17, 15) is 13.5 Å². The summed E-state index contributed by atoms with van der Waals surface area (Å²) in [6, 6.07) is 5.06. The number of nitrogens with one attached hydrogen (secondary N) is 1.